The van der Waals surface area contributed by atoms with Crippen molar-refractivity contribution in [3.05, 3.63) is 101 Å². The number of benzene rings is 3. The fraction of sp³-hybridized carbons (Fsp3) is 0.241. The molecular weight excluding hydrogens is 438 g/mol. The summed E-state index contributed by atoms with van der Waals surface area (Å²) in [7, 11) is 3.23. The van der Waals surface area contributed by atoms with Gasteiger partial charge in [0.2, 0.25) is 0 Å². The van der Waals surface area contributed by atoms with Crippen molar-refractivity contribution in [1.82, 2.24) is 5.43 Å². The Balaban J connectivity index is 1.67. The van der Waals surface area contributed by atoms with E-state index in [0.29, 0.717) is 11.3 Å². The van der Waals surface area contributed by atoms with E-state index >= 15 is 0 Å². The Morgan fingerprint density at radius 1 is 1.03 bits per heavy atom. The lowest BCUT2D eigenvalue weighted by Gasteiger charge is -2.30. The van der Waals surface area contributed by atoms with Gasteiger partial charge in [-0.3, -0.25) is 4.79 Å². The first-order chi connectivity index (χ1) is 17.0. The minimum atomic E-state index is -0.323. The number of ether oxygens (including phenoxy) is 2. The van der Waals surface area contributed by atoms with Crippen LogP contribution in [0, 0.1) is 0 Å². The lowest BCUT2D eigenvalue weighted by Crippen LogP contribution is -2.31. The van der Waals surface area contributed by atoms with Crippen LogP contribution in [-0.2, 0) is 11.8 Å². The Kier molecular flexibility index (Phi) is 7.20. The zero-order valence-corrected chi connectivity index (χ0v) is 20.6. The zero-order chi connectivity index (χ0) is 24.8. The van der Waals surface area contributed by atoms with Crippen molar-refractivity contribution in [2.75, 3.05) is 25.7 Å². The SMILES string of the molecule is CCN1/C(=C\C=N\NC(=O)c2ccccc2OC)C(C)(Cc2ccccc2)c2cc(OC)ccc21. The largest absolute Gasteiger partial charge is 0.497 e. The number of methoxy groups -OCH3 is 2. The molecule has 0 radical (unpaired) electrons. The van der Waals surface area contributed by atoms with Gasteiger partial charge in [-0.25, -0.2) is 5.43 Å². The molecule has 6 nitrogen and oxygen atoms in total. The number of nitrogens with zero attached hydrogens (tertiary/aromatic N) is 2. The molecule has 3 aromatic carbocycles. The molecule has 35 heavy (non-hydrogen) atoms. The monoisotopic (exact) mass is 469 g/mol. The van der Waals surface area contributed by atoms with Crippen LogP contribution < -0.4 is 19.8 Å². The molecule has 1 amide bonds. The minimum Gasteiger partial charge on any atom is -0.497 e. The van der Waals surface area contributed by atoms with E-state index in [1.807, 2.05) is 24.3 Å². The highest BCUT2D eigenvalue weighted by Crippen LogP contribution is 2.50. The van der Waals surface area contributed by atoms with Crippen molar-refractivity contribution in [2.45, 2.75) is 25.7 Å². The van der Waals surface area contributed by atoms with E-state index in [-0.39, 0.29) is 11.3 Å². The van der Waals surface area contributed by atoms with Crippen LogP contribution in [0.25, 0.3) is 0 Å². The summed E-state index contributed by atoms with van der Waals surface area (Å²) in [6.45, 7) is 5.19. The minimum absolute atomic E-state index is 0.306. The molecule has 0 aliphatic carbocycles. The molecule has 0 aromatic heterocycles. The van der Waals surface area contributed by atoms with Crippen molar-refractivity contribution in [1.29, 1.82) is 0 Å². The quantitative estimate of drug-likeness (QED) is 0.357. The fourth-order valence-electron chi connectivity index (χ4n) is 4.79. The number of rotatable bonds is 8. The van der Waals surface area contributed by atoms with Gasteiger partial charge in [0.05, 0.1) is 19.8 Å². The Labute approximate surface area is 206 Å². The molecule has 0 bridgehead atoms. The number of allylic oxidation sites excluding steroid dienone is 2. The molecule has 0 saturated heterocycles. The average Bonchev–Trinajstić information content (AvgIpc) is 3.13. The van der Waals surface area contributed by atoms with E-state index in [1.165, 1.54) is 11.1 Å². The molecule has 6 heteroatoms. The molecule has 4 rings (SSSR count). The Morgan fingerprint density at radius 3 is 2.49 bits per heavy atom. The van der Waals surface area contributed by atoms with Crippen molar-refractivity contribution >= 4 is 17.8 Å². The number of fused-ring (bicyclic) bond motifs is 1. The fourth-order valence-corrected chi connectivity index (χ4v) is 4.79. The molecule has 1 aliphatic rings. The number of para-hydroxylation sites is 1. The molecule has 3 aromatic rings. The third kappa shape index (κ3) is 4.78. The normalized spacial score (nSPS) is 18.1. The molecule has 1 unspecified atom stereocenters. The van der Waals surface area contributed by atoms with Crippen molar-refractivity contribution in [2.24, 2.45) is 5.10 Å². The van der Waals surface area contributed by atoms with E-state index in [0.717, 1.165) is 30.1 Å². The first-order valence-corrected chi connectivity index (χ1v) is 11.7. The van der Waals surface area contributed by atoms with Crippen LogP contribution >= 0.6 is 0 Å². The first kappa shape index (κ1) is 24.1. The number of anilines is 1. The number of hydrazone groups is 1. The van der Waals surface area contributed by atoms with Crippen LogP contribution in [-0.4, -0.2) is 32.9 Å². The highest BCUT2D eigenvalue weighted by atomic mass is 16.5. The van der Waals surface area contributed by atoms with Crippen LogP contribution in [0.3, 0.4) is 0 Å². The van der Waals surface area contributed by atoms with Gasteiger partial charge >= 0.3 is 0 Å². The van der Waals surface area contributed by atoms with Crippen molar-refractivity contribution < 1.29 is 14.3 Å². The molecule has 1 N–H and O–H groups in total. The molecule has 1 heterocycles. The smallest absolute Gasteiger partial charge is 0.275 e. The van der Waals surface area contributed by atoms with E-state index in [2.05, 4.69) is 65.7 Å². The van der Waals surface area contributed by atoms with Gasteiger partial charge in [-0.1, -0.05) is 42.5 Å². The first-order valence-electron chi connectivity index (χ1n) is 11.7. The van der Waals surface area contributed by atoms with Crippen LogP contribution in [0.5, 0.6) is 11.5 Å². The van der Waals surface area contributed by atoms with Gasteiger partial charge < -0.3 is 14.4 Å². The van der Waals surface area contributed by atoms with Crippen molar-refractivity contribution in [3.63, 3.8) is 0 Å². The highest BCUT2D eigenvalue weighted by Gasteiger charge is 2.43. The van der Waals surface area contributed by atoms with Gasteiger partial charge in [-0.2, -0.15) is 5.10 Å². The standard InChI is InChI=1S/C29H31N3O3/c1-5-32-25-16-15-22(34-3)19-24(25)29(2,20-21-11-7-6-8-12-21)27(32)17-18-30-31-28(33)23-13-9-10-14-26(23)35-4/h6-19H,5,20H2,1-4H3,(H,31,33)/b27-17-,30-18+. The Morgan fingerprint density at radius 2 is 1.77 bits per heavy atom. The Bertz CT molecular complexity index is 1250. The zero-order valence-electron chi connectivity index (χ0n) is 20.6. The number of hydrogen-bond donors (Lipinski definition) is 1. The number of amides is 1. The maximum Gasteiger partial charge on any atom is 0.275 e. The van der Waals surface area contributed by atoms with Crippen LogP contribution in [0.4, 0.5) is 5.69 Å². The van der Waals surface area contributed by atoms with Gasteiger partial charge in [0.25, 0.3) is 5.91 Å². The summed E-state index contributed by atoms with van der Waals surface area (Å²) in [5.41, 5.74) is 7.47. The molecule has 1 atom stereocenters. The van der Waals surface area contributed by atoms with Gasteiger partial charge in [-0.05, 0) is 67.8 Å². The summed E-state index contributed by atoms with van der Waals surface area (Å²) in [6.07, 6.45) is 4.46. The van der Waals surface area contributed by atoms with E-state index in [4.69, 9.17) is 9.47 Å². The predicted octanol–water partition coefficient (Wildman–Crippen LogP) is 5.34. The highest BCUT2D eigenvalue weighted by molar-refractivity contribution is 5.97. The van der Waals surface area contributed by atoms with Gasteiger partial charge in [0.15, 0.2) is 0 Å². The van der Waals surface area contributed by atoms with E-state index < -0.39 is 0 Å². The lowest BCUT2D eigenvalue weighted by atomic mass is 9.76. The number of carbonyl (C=O) groups excluding carboxylic acids is 1. The van der Waals surface area contributed by atoms with Crippen molar-refractivity contribution in [3.8, 4) is 11.5 Å². The topological polar surface area (TPSA) is 63.2 Å². The summed E-state index contributed by atoms with van der Waals surface area (Å²) in [6, 6.07) is 23.8. The van der Waals surface area contributed by atoms with E-state index in [9.17, 15) is 4.79 Å². The molecule has 1 aliphatic heterocycles. The second kappa shape index (κ2) is 10.5. The molecule has 0 spiro atoms. The molecule has 180 valence electrons. The summed E-state index contributed by atoms with van der Waals surface area (Å²) in [5, 5.41) is 4.22. The number of likely N-dealkylation sites (N-methyl/N-ethyl adjacent to an activating group) is 1. The molecule has 0 fully saturated rings. The van der Waals surface area contributed by atoms with Crippen LogP contribution in [0.1, 0.15) is 35.3 Å². The maximum absolute atomic E-state index is 12.6. The summed E-state index contributed by atoms with van der Waals surface area (Å²) in [4.78, 5) is 14.9. The average molecular weight is 470 g/mol. The molecule has 0 saturated carbocycles. The second-order valence-electron chi connectivity index (χ2n) is 8.59. The van der Waals surface area contributed by atoms with Gasteiger partial charge in [0, 0.05) is 29.6 Å². The van der Waals surface area contributed by atoms with Crippen LogP contribution in [0.15, 0.2) is 89.7 Å². The summed E-state index contributed by atoms with van der Waals surface area (Å²) < 4.78 is 10.8. The van der Waals surface area contributed by atoms with Gasteiger partial charge in [0.1, 0.15) is 11.5 Å². The van der Waals surface area contributed by atoms with E-state index in [1.54, 1.807) is 38.6 Å². The number of hydrogen-bond acceptors (Lipinski definition) is 5. The van der Waals surface area contributed by atoms with Crippen LogP contribution in [0.2, 0.25) is 0 Å². The summed E-state index contributed by atoms with van der Waals surface area (Å²) in [5.74, 6) is 1.01. The second-order valence-corrected chi connectivity index (χ2v) is 8.59. The number of carbonyl (C=O) groups is 1. The molecular formula is C29H31N3O3. The van der Waals surface area contributed by atoms with Gasteiger partial charge in [-0.15, -0.1) is 0 Å². The number of nitrogens with one attached hydrogen (secondary N) is 1. The third-order valence-corrected chi connectivity index (χ3v) is 6.49. The maximum atomic E-state index is 12.6. The predicted molar refractivity (Wildman–Crippen MR) is 141 cm³/mol. The third-order valence-electron chi connectivity index (χ3n) is 6.49. The lowest BCUT2D eigenvalue weighted by molar-refractivity contribution is 0.0952. The summed E-state index contributed by atoms with van der Waals surface area (Å²) >= 11 is 0. The Hall–Kier alpha value is -4.06.